The number of rotatable bonds is 7. The molecule has 4 heteroatoms. The lowest BCUT2D eigenvalue weighted by Crippen LogP contribution is -2.38. The van der Waals surface area contributed by atoms with Gasteiger partial charge in [0.15, 0.2) is 0 Å². The van der Waals surface area contributed by atoms with E-state index in [-0.39, 0.29) is 18.6 Å². The van der Waals surface area contributed by atoms with Crippen molar-refractivity contribution in [1.29, 1.82) is 0 Å². The predicted molar refractivity (Wildman–Crippen MR) is 58.2 cm³/mol. The molecule has 0 aromatic carbocycles. The summed E-state index contributed by atoms with van der Waals surface area (Å²) < 4.78 is 0. The van der Waals surface area contributed by atoms with E-state index in [9.17, 15) is 0 Å². The van der Waals surface area contributed by atoms with E-state index in [2.05, 4.69) is 34.7 Å². The molecule has 0 atom stereocenters. The van der Waals surface area contributed by atoms with Gasteiger partial charge in [-0.1, -0.05) is 29.8 Å². The van der Waals surface area contributed by atoms with E-state index >= 15 is 0 Å². The van der Waals surface area contributed by atoms with E-state index in [0.717, 1.165) is 11.9 Å². The summed E-state index contributed by atoms with van der Waals surface area (Å²) in [6, 6.07) is 0. The fraction of sp³-hybridized carbons (Fsp3) is 1.00. The highest BCUT2D eigenvalue weighted by Gasteiger charge is 2.19. The molecule has 0 rings (SSSR count). The van der Waals surface area contributed by atoms with E-state index < -0.39 is 0 Å². The fourth-order valence-corrected chi connectivity index (χ4v) is 1.38. The van der Waals surface area contributed by atoms with Crippen molar-refractivity contribution in [3.63, 3.8) is 0 Å². The Morgan fingerprint density at radius 3 is 1.92 bits per heavy atom. The van der Waals surface area contributed by atoms with Crippen molar-refractivity contribution in [3.05, 3.63) is 0 Å². The summed E-state index contributed by atoms with van der Waals surface area (Å²) in [6.07, 6.45) is 0. The Bertz CT molecular complexity index is 125. The zero-order chi connectivity index (χ0) is 10.3. The molecule has 0 bridgehead atoms. The third-order valence-corrected chi connectivity index (χ3v) is 3.36. The van der Waals surface area contributed by atoms with Crippen LogP contribution in [0.5, 0.6) is 0 Å². The maximum atomic E-state index is 8.80. The van der Waals surface area contributed by atoms with Gasteiger partial charge in [0.05, 0.1) is 13.2 Å². The van der Waals surface area contributed by atoms with E-state index in [0.29, 0.717) is 13.1 Å². The Hall–Kier alpha value is 0.360. The highest BCUT2D eigenvalue weighted by atomic mass is 79.9. The lowest BCUT2D eigenvalue weighted by atomic mass is 9.96. The summed E-state index contributed by atoms with van der Waals surface area (Å²) in [7, 11) is 0. The average molecular weight is 254 g/mol. The van der Waals surface area contributed by atoms with Gasteiger partial charge in [0, 0.05) is 25.0 Å². The van der Waals surface area contributed by atoms with E-state index in [1.807, 2.05) is 0 Å². The smallest absolute Gasteiger partial charge is 0.0558 e. The second kappa shape index (κ2) is 6.76. The van der Waals surface area contributed by atoms with E-state index in [1.54, 1.807) is 0 Å². The maximum Gasteiger partial charge on any atom is 0.0558 e. The number of nitrogens with zero attached hydrogens (tertiary/aromatic N) is 1. The quantitative estimate of drug-likeness (QED) is 0.657. The number of aliphatic hydroxyl groups excluding tert-OH is 2. The van der Waals surface area contributed by atoms with E-state index in [1.165, 1.54) is 0 Å². The highest BCUT2D eigenvalue weighted by molar-refractivity contribution is 9.09. The van der Waals surface area contributed by atoms with Gasteiger partial charge in [-0.3, -0.25) is 4.90 Å². The Morgan fingerprint density at radius 1 is 1.15 bits per heavy atom. The molecule has 80 valence electrons. The molecule has 0 unspecified atom stereocenters. The molecule has 0 fully saturated rings. The summed E-state index contributed by atoms with van der Waals surface area (Å²) in [5, 5.41) is 18.5. The summed E-state index contributed by atoms with van der Waals surface area (Å²) >= 11 is 3.45. The molecule has 0 aliphatic rings. The number of aliphatic hydroxyl groups is 2. The van der Waals surface area contributed by atoms with Gasteiger partial charge in [0.2, 0.25) is 0 Å². The summed E-state index contributed by atoms with van der Waals surface area (Å²) in [6.45, 7) is 6.77. The highest BCUT2D eigenvalue weighted by Crippen LogP contribution is 2.19. The van der Waals surface area contributed by atoms with Gasteiger partial charge in [-0.2, -0.15) is 0 Å². The summed E-state index contributed by atoms with van der Waals surface area (Å²) in [5.41, 5.74) is 0.185. The third kappa shape index (κ3) is 6.43. The third-order valence-electron chi connectivity index (χ3n) is 1.85. The van der Waals surface area contributed by atoms with Crippen LogP contribution < -0.4 is 0 Å². The van der Waals surface area contributed by atoms with Crippen molar-refractivity contribution in [2.45, 2.75) is 13.8 Å². The van der Waals surface area contributed by atoms with Gasteiger partial charge in [-0.25, -0.2) is 0 Å². The van der Waals surface area contributed by atoms with E-state index in [4.69, 9.17) is 10.2 Å². The first-order valence-electron chi connectivity index (χ1n) is 4.56. The molecule has 2 N–H and O–H groups in total. The van der Waals surface area contributed by atoms with Crippen molar-refractivity contribution < 1.29 is 10.2 Å². The second-order valence-electron chi connectivity index (χ2n) is 4.02. The molecule has 0 aromatic heterocycles. The van der Waals surface area contributed by atoms with Crippen molar-refractivity contribution in [1.82, 2.24) is 4.90 Å². The molecule has 0 aliphatic heterocycles. The van der Waals surface area contributed by atoms with Gasteiger partial charge in [-0.05, 0) is 5.41 Å². The molecule has 0 spiro atoms. The maximum absolute atomic E-state index is 8.80. The first-order chi connectivity index (χ1) is 6.05. The topological polar surface area (TPSA) is 43.7 Å². The van der Waals surface area contributed by atoms with Crippen molar-refractivity contribution in [2.75, 3.05) is 38.2 Å². The SMILES string of the molecule is CC(C)(CBr)CN(CCO)CCO. The van der Waals surface area contributed by atoms with Crippen LogP contribution in [0.15, 0.2) is 0 Å². The fourth-order valence-electron chi connectivity index (χ4n) is 1.20. The number of halogens is 1. The number of hydrogen-bond acceptors (Lipinski definition) is 3. The van der Waals surface area contributed by atoms with Crippen LogP contribution in [0.1, 0.15) is 13.8 Å². The number of hydrogen-bond donors (Lipinski definition) is 2. The molecule has 0 radical (unpaired) electrons. The lowest BCUT2D eigenvalue weighted by Gasteiger charge is -2.30. The second-order valence-corrected chi connectivity index (χ2v) is 4.58. The molecule has 0 heterocycles. The van der Waals surface area contributed by atoms with Crippen LogP contribution in [-0.2, 0) is 0 Å². The minimum atomic E-state index is 0.151. The van der Waals surface area contributed by atoms with Crippen LogP contribution >= 0.6 is 15.9 Å². The van der Waals surface area contributed by atoms with Crippen LogP contribution in [0.4, 0.5) is 0 Å². The Morgan fingerprint density at radius 2 is 1.62 bits per heavy atom. The molecular formula is C9H20BrNO2. The van der Waals surface area contributed by atoms with Crippen molar-refractivity contribution >= 4 is 15.9 Å². The normalized spacial score (nSPS) is 12.5. The van der Waals surface area contributed by atoms with Crippen LogP contribution in [0.3, 0.4) is 0 Å². The van der Waals surface area contributed by atoms with Crippen LogP contribution in [0, 0.1) is 5.41 Å². The standard InChI is InChI=1S/C9H20BrNO2/c1-9(2,7-10)8-11(3-5-12)4-6-13/h12-13H,3-8H2,1-2H3. The molecule has 3 nitrogen and oxygen atoms in total. The predicted octanol–water partition coefficient (Wildman–Crippen LogP) is 0.694. The van der Waals surface area contributed by atoms with Gasteiger partial charge >= 0.3 is 0 Å². The molecule has 0 saturated heterocycles. The molecule has 13 heavy (non-hydrogen) atoms. The van der Waals surface area contributed by atoms with Crippen LogP contribution in [0.2, 0.25) is 0 Å². The zero-order valence-corrected chi connectivity index (χ0v) is 10.0. The lowest BCUT2D eigenvalue weighted by molar-refractivity contribution is 0.128. The molecular weight excluding hydrogens is 234 g/mol. The molecule has 0 amide bonds. The molecule has 0 saturated carbocycles. The first kappa shape index (κ1) is 13.4. The van der Waals surface area contributed by atoms with Crippen LogP contribution in [-0.4, -0.2) is 53.3 Å². The van der Waals surface area contributed by atoms with Gasteiger partial charge in [0.25, 0.3) is 0 Å². The molecule has 0 aliphatic carbocycles. The zero-order valence-electron chi connectivity index (χ0n) is 8.46. The minimum Gasteiger partial charge on any atom is -0.395 e. The summed E-state index contributed by atoms with van der Waals surface area (Å²) in [5.74, 6) is 0. The Labute approximate surface area is 88.9 Å². The van der Waals surface area contributed by atoms with Gasteiger partial charge in [0.1, 0.15) is 0 Å². The van der Waals surface area contributed by atoms with Gasteiger partial charge < -0.3 is 10.2 Å². The largest absolute Gasteiger partial charge is 0.395 e. The number of alkyl halides is 1. The minimum absolute atomic E-state index is 0.151. The Balaban J connectivity index is 3.92. The monoisotopic (exact) mass is 253 g/mol. The van der Waals surface area contributed by atoms with Crippen molar-refractivity contribution in [2.24, 2.45) is 5.41 Å². The molecule has 0 aromatic rings. The van der Waals surface area contributed by atoms with Gasteiger partial charge in [-0.15, -0.1) is 0 Å². The average Bonchev–Trinajstić information content (AvgIpc) is 2.05. The van der Waals surface area contributed by atoms with Crippen molar-refractivity contribution in [3.8, 4) is 0 Å². The van der Waals surface area contributed by atoms with Crippen LogP contribution in [0.25, 0.3) is 0 Å². The summed E-state index contributed by atoms with van der Waals surface area (Å²) in [4.78, 5) is 2.07. The Kier molecular flexibility index (Phi) is 6.95. The first-order valence-corrected chi connectivity index (χ1v) is 5.68.